The van der Waals surface area contributed by atoms with Gasteiger partial charge >= 0.3 is 0 Å². The molecule has 2 rings (SSSR count). The second-order valence-corrected chi connectivity index (χ2v) is 5.18. The van der Waals surface area contributed by atoms with Gasteiger partial charge in [0, 0.05) is 19.8 Å². The molecule has 0 spiro atoms. The van der Waals surface area contributed by atoms with Gasteiger partial charge in [-0.1, -0.05) is 24.3 Å². The Morgan fingerprint density at radius 1 is 1.05 bits per heavy atom. The zero-order valence-corrected chi connectivity index (χ0v) is 12.2. The Balaban J connectivity index is 2.22. The molecule has 0 amide bonds. The highest BCUT2D eigenvalue weighted by Crippen LogP contribution is 2.24. The Hall–Kier alpha value is -2.78. The highest BCUT2D eigenvalue weighted by atomic mass is 15.1. The van der Waals surface area contributed by atoms with E-state index in [0.29, 0.717) is 12.0 Å². The van der Waals surface area contributed by atoms with Crippen molar-refractivity contribution in [2.24, 2.45) is 0 Å². The maximum atomic E-state index is 9.46. The first-order chi connectivity index (χ1) is 10.1. The first-order valence-electron chi connectivity index (χ1n) is 6.80. The van der Waals surface area contributed by atoms with Crippen molar-refractivity contribution in [3.63, 3.8) is 0 Å². The van der Waals surface area contributed by atoms with Gasteiger partial charge in [0.2, 0.25) is 0 Å². The summed E-state index contributed by atoms with van der Waals surface area (Å²) in [6.07, 6.45) is 0.652. The topological polar surface area (TPSA) is 50.8 Å². The van der Waals surface area contributed by atoms with Gasteiger partial charge in [-0.05, 0) is 41.8 Å². The molecule has 3 heteroatoms. The van der Waals surface area contributed by atoms with E-state index in [1.807, 2.05) is 49.3 Å². The molecule has 0 saturated carbocycles. The van der Waals surface area contributed by atoms with Crippen molar-refractivity contribution < 1.29 is 0 Å². The van der Waals surface area contributed by atoms with E-state index in [2.05, 4.69) is 18.2 Å². The number of hydrogen-bond acceptors (Lipinski definition) is 3. The molecule has 0 aliphatic rings. The van der Waals surface area contributed by atoms with Gasteiger partial charge in [-0.2, -0.15) is 10.5 Å². The summed E-state index contributed by atoms with van der Waals surface area (Å²) in [7, 11) is 3.97. The van der Waals surface area contributed by atoms with Crippen LogP contribution in [-0.2, 0) is 6.42 Å². The number of anilines is 1. The van der Waals surface area contributed by atoms with Crippen molar-refractivity contribution in [3.05, 3.63) is 65.2 Å². The lowest BCUT2D eigenvalue weighted by atomic mass is 9.92. The van der Waals surface area contributed by atoms with Crippen LogP contribution in [0.2, 0.25) is 0 Å². The van der Waals surface area contributed by atoms with E-state index in [-0.39, 0.29) is 5.92 Å². The molecule has 2 aromatic rings. The summed E-state index contributed by atoms with van der Waals surface area (Å²) >= 11 is 0. The van der Waals surface area contributed by atoms with E-state index in [4.69, 9.17) is 5.26 Å². The summed E-state index contributed by atoms with van der Waals surface area (Å²) < 4.78 is 0. The Labute approximate surface area is 125 Å². The molecule has 0 fully saturated rings. The number of nitrogens with zero attached hydrogens (tertiary/aromatic N) is 3. The Kier molecular flexibility index (Phi) is 4.59. The van der Waals surface area contributed by atoms with Gasteiger partial charge in [0.15, 0.2) is 0 Å². The molecule has 0 saturated heterocycles. The molecule has 0 radical (unpaired) electrons. The quantitative estimate of drug-likeness (QED) is 0.858. The third-order valence-corrected chi connectivity index (χ3v) is 3.47. The van der Waals surface area contributed by atoms with Gasteiger partial charge in [0.05, 0.1) is 23.6 Å². The van der Waals surface area contributed by atoms with Crippen LogP contribution in [0.3, 0.4) is 0 Å². The average Bonchev–Trinajstić information content (AvgIpc) is 2.53. The smallest absolute Gasteiger partial charge is 0.0991 e. The average molecular weight is 275 g/mol. The number of nitriles is 2. The van der Waals surface area contributed by atoms with Crippen LogP contribution in [0.1, 0.15) is 22.6 Å². The summed E-state index contributed by atoms with van der Waals surface area (Å²) in [5.41, 5.74) is 3.82. The zero-order chi connectivity index (χ0) is 15.2. The Morgan fingerprint density at radius 3 is 2.33 bits per heavy atom. The van der Waals surface area contributed by atoms with Crippen LogP contribution in [0, 0.1) is 22.7 Å². The molecule has 0 N–H and O–H groups in total. The van der Waals surface area contributed by atoms with E-state index < -0.39 is 0 Å². The highest BCUT2D eigenvalue weighted by molar-refractivity contribution is 5.49. The van der Waals surface area contributed by atoms with Crippen molar-refractivity contribution in [1.82, 2.24) is 0 Å². The van der Waals surface area contributed by atoms with Crippen molar-refractivity contribution in [3.8, 4) is 12.1 Å². The molecule has 3 nitrogen and oxygen atoms in total. The molecule has 0 bridgehead atoms. The van der Waals surface area contributed by atoms with Crippen LogP contribution < -0.4 is 4.90 Å². The molecule has 1 unspecified atom stereocenters. The van der Waals surface area contributed by atoms with Crippen molar-refractivity contribution in [2.45, 2.75) is 12.3 Å². The van der Waals surface area contributed by atoms with Gasteiger partial charge < -0.3 is 4.90 Å². The summed E-state index contributed by atoms with van der Waals surface area (Å²) in [5.74, 6) is -0.183. The van der Waals surface area contributed by atoms with Gasteiger partial charge in [0.1, 0.15) is 0 Å². The summed E-state index contributed by atoms with van der Waals surface area (Å²) in [6.45, 7) is 0. The maximum absolute atomic E-state index is 9.46. The Morgan fingerprint density at radius 2 is 1.76 bits per heavy atom. The predicted octanol–water partition coefficient (Wildman–Crippen LogP) is 3.47. The molecule has 104 valence electrons. The van der Waals surface area contributed by atoms with E-state index in [9.17, 15) is 5.26 Å². The molecule has 0 aliphatic carbocycles. The fourth-order valence-corrected chi connectivity index (χ4v) is 2.21. The molecule has 0 heterocycles. The fraction of sp³-hybridized carbons (Fsp3) is 0.222. The van der Waals surface area contributed by atoms with Crippen LogP contribution in [0.4, 0.5) is 5.69 Å². The SMILES string of the molecule is CN(C)c1cccc(C(C#N)Cc2ccc(C#N)cc2)c1. The zero-order valence-electron chi connectivity index (χ0n) is 12.2. The van der Waals surface area contributed by atoms with E-state index in [1.54, 1.807) is 12.1 Å². The summed E-state index contributed by atoms with van der Waals surface area (Å²) in [6, 6.07) is 19.9. The minimum atomic E-state index is -0.183. The number of hydrogen-bond donors (Lipinski definition) is 0. The molecule has 2 aromatic carbocycles. The molecule has 21 heavy (non-hydrogen) atoms. The van der Waals surface area contributed by atoms with Gasteiger partial charge in [-0.25, -0.2) is 0 Å². The second kappa shape index (κ2) is 6.59. The molecular weight excluding hydrogens is 258 g/mol. The molecule has 0 aromatic heterocycles. The van der Waals surface area contributed by atoms with Gasteiger partial charge in [-0.3, -0.25) is 0 Å². The normalized spacial score (nSPS) is 11.2. The lowest BCUT2D eigenvalue weighted by molar-refractivity contribution is 0.848. The van der Waals surface area contributed by atoms with Crippen LogP contribution in [0.25, 0.3) is 0 Å². The Bertz CT molecular complexity index is 688. The summed E-state index contributed by atoms with van der Waals surface area (Å²) in [5, 5.41) is 18.3. The lowest BCUT2D eigenvalue weighted by Gasteiger charge is -2.16. The van der Waals surface area contributed by atoms with Gasteiger partial charge in [-0.15, -0.1) is 0 Å². The van der Waals surface area contributed by atoms with Crippen molar-refractivity contribution in [1.29, 1.82) is 10.5 Å². The van der Waals surface area contributed by atoms with E-state index in [0.717, 1.165) is 16.8 Å². The molecule has 0 aliphatic heterocycles. The number of benzene rings is 2. The predicted molar refractivity (Wildman–Crippen MR) is 84.0 cm³/mol. The van der Waals surface area contributed by atoms with Crippen LogP contribution >= 0.6 is 0 Å². The summed E-state index contributed by atoms with van der Waals surface area (Å²) in [4.78, 5) is 2.03. The van der Waals surface area contributed by atoms with Gasteiger partial charge in [0.25, 0.3) is 0 Å². The maximum Gasteiger partial charge on any atom is 0.0991 e. The fourth-order valence-electron chi connectivity index (χ4n) is 2.21. The number of rotatable bonds is 4. The van der Waals surface area contributed by atoms with Crippen molar-refractivity contribution >= 4 is 5.69 Å². The largest absolute Gasteiger partial charge is 0.378 e. The third-order valence-electron chi connectivity index (χ3n) is 3.47. The molecule has 1 atom stereocenters. The minimum Gasteiger partial charge on any atom is -0.378 e. The van der Waals surface area contributed by atoms with Crippen LogP contribution in [0.15, 0.2) is 48.5 Å². The van der Waals surface area contributed by atoms with Crippen LogP contribution in [0.5, 0.6) is 0 Å². The van der Waals surface area contributed by atoms with Crippen molar-refractivity contribution in [2.75, 3.05) is 19.0 Å². The van der Waals surface area contributed by atoms with Crippen LogP contribution in [-0.4, -0.2) is 14.1 Å². The first kappa shape index (κ1) is 14.6. The first-order valence-corrected chi connectivity index (χ1v) is 6.80. The standard InChI is InChI=1S/C18H17N3/c1-21(2)18-5-3-4-16(11-18)17(13-20)10-14-6-8-15(12-19)9-7-14/h3-9,11,17H,10H2,1-2H3. The minimum absolute atomic E-state index is 0.183. The van der Waals surface area contributed by atoms with E-state index in [1.165, 1.54) is 0 Å². The third kappa shape index (κ3) is 3.61. The molecular formula is C18H17N3. The lowest BCUT2D eigenvalue weighted by Crippen LogP contribution is -2.09. The second-order valence-electron chi connectivity index (χ2n) is 5.18. The highest BCUT2D eigenvalue weighted by Gasteiger charge is 2.12. The van der Waals surface area contributed by atoms with E-state index >= 15 is 0 Å². The monoisotopic (exact) mass is 275 g/mol.